The Morgan fingerprint density at radius 2 is 1.92 bits per heavy atom. The molecule has 7 nitrogen and oxygen atoms in total. The lowest BCUT2D eigenvalue weighted by Crippen LogP contribution is -2.55. The van der Waals surface area contributed by atoms with E-state index in [-0.39, 0.29) is 31.8 Å². The van der Waals surface area contributed by atoms with Crippen molar-refractivity contribution in [1.82, 2.24) is 10.2 Å². The minimum absolute atomic E-state index is 0.139. The SMILES string of the molecule is CC(C)(C)OC(=O)N[C@@H]1CC[C@H](CO)N(C(=O)OCc2ccccc2)C1. The number of ether oxygens (including phenoxy) is 2. The molecule has 1 aliphatic rings. The second-order valence-electron chi connectivity index (χ2n) is 7.45. The highest BCUT2D eigenvalue weighted by Crippen LogP contribution is 2.19. The molecule has 1 aliphatic heterocycles. The zero-order chi connectivity index (χ0) is 19.2. The van der Waals surface area contributed by atoms with Gasteiger partial charge in [-0.25, -0.2) is 9.59 Å². The smallest absolute Gasteiger partial charge is 0.410 e. The number of aliphatic hydroxyl groups excluding tert-OH is 1. The Kier molecular flexibility index (Phi) is 6.85. The van der Waals surface area contributed by atoms with Gasteiger partial charge < -0.3 is 24.8 Å². The fraction of sp³-hybridized carbons (Fsp3) is 0.579. The number of amides is 2. The lowest BCUT2D eigenvalue weighted by atomic mass is 9.99. The van der Waals surface area contributed by atoms with E-state index in [0.29, 0.717) is 12.8 Å². The molecule has 1 heterocycles. The number of carbonyl (C=O) groups is 2. The van der Waals surface area contributed by atoms with Crippen molar-refractivity contribution >= 4 is 12.2 Å². The first-order valence-corrected chi connectivity index (χ1v) is 8.86. The van der Waals surface area contributed by atoms with Crippen LogP contribution in [0.15, 0.2) is 30.3 Å². The molecule has 0 saturated carbocycles. The highest BCUT2D eigenvalue weighted by molar-refractivity contribution is 5.70. The van der Waals surface area contributed by atoms with Crippen molar-refractivity contribution in [3.63, 3.8) is 0 Å². The predicted octanol–water partition coefficient (Wildman–Crippen LogP) is 2.67. The number of nitrogens with one attached hydrogen (secondary N) is 1. The Bertz CT molecular complexity index is 600. The molecule has 2 amide bonds. The van der Waals surface area contributed by atoms with E-state index in [2.05, 4.69) is 5.32 Å². The largest absolute Gasteiger partial charge is 0.445 e. The van der Waals surface area contributed by atoms with Crippen molar-refractivity contribution in [2.45, 2.75) is 57.9 Å². The third kappa shape index (κ3) is 6.22. The Balaban J connectivity index is 1.91. The van der Waals surface area contributed by atoms with E-state index in [0.717, 1.165) is 5.56 Å². The molecule has 2 N–H and O–H groups in total. The molecule has 0 aliphatic carbocycles. The minimum atomic E-state index is -0.583. The molecule has 2 rings (SSSR count). The number of aliphatic hydroxyl groups is 1. The maximum absolute atomic E-state index is 12.4. The van der Waals surface area contributed by atoms with Gasteiger partial charge in [0.15, 0.2) is 0 Å². The van der Waals surface area contributed by atoms with Crippen LogP contribution in [0, 0.1) is 0 Å². The summed E-state index contributed by atoms with van der Waals surface area (Å²) < 4.78 is 10.6. The number of alkyl carbamates (subject to hydrolysis) is 1. The molecule has 0 aromatic heterocycles. The molecule has 1 aromatic rings. The summed E-state index contributed by atoms with van der Waals surface area (Å²) >= 11 is 0. The van der Waals surface area contributed by atoms with Crippen LogP contribution in [0.2, 0.25) is 0 Å². The van der Waals surface area contributed by atoms with E-state index in [4.69, 9.17) is 9.47 Å². The lowest BCUT2D eigenvalue weighted by Gasteiger charge is -2.38. The summed E-state index contributed by atoms with van der Waals surface area (Å²) in [7, 11) is 0. The average molecular weight is 364 g/mol. The number of piperidine rings is 1. The summed E-state index contributed by atoms with van der Waals surface area (Å²) in [6.07, 6.45) is 0.232. The Morgan fingerprint density at radius 3 is 2.54 bits per heavy atom. The molecule has 144 valence electrons. The van der Waals surface area contributed by atoms with Gasteiger partial charge in [0.2, 0.25) is 0 Å². The van der Waals surface area contributed by atoms with E-state index >= 15 is 0 Å². The molecule has 1 saturated heterocycles. The van der Waals surface area contributed by atoms with Crippen LogP contribution in [-0.4, -0.2) is 53.0 Å². The quantitative estimate of drug-likeness (QED) is 0.858. The minimum Gasteiger partial charge on any atom is -0.445 e. The van der Waals surface area contributed by atoms with E-state index in [1.807, 2.05) is 30.3 Å². The van der Waals surface area contributed by atoms with Crippen LogP contribution in [0.3, 0.4) is 0 Å². The monoisotopic (exact) mass is 364 g/mol. The van der Waals surface area contributed by atoms with Gasteiger partial charge in [0.25, 0.3) is 0 Å². The van der Waals surface area contributed by atoms with Crippen molar-refractivity contribution in [2.75, 3.05) is 13.2 Å². The number of nitrogens with zero attached hydrogens (tertiary/aromatic N) is 1. The topological polar surface area (TPSA) is 88.1 Å². The summed E-state index contributed by atoms with van der Waals surface area (Å²) in [5, 5.41) is 12.3. The molecule has 0 spiro atoms. The van der Waals surface area contributed by atoms with Crippen LogP contribution >= 0.6 is 0 Å². The molecule has 26 heavy (non-hydrogen) atoms. The first-order valence-electron chi connectivity index (χ1n) is 8.86. The van der Waals surface area contributed by atoms with Gasteiger partial charge in [0.05, 0.1) is 12.6 Å². The highest BCUT2D eigenvalue weighted by Gasteiger charge is 2.33. The maximum Gasteiger partial charge on any atom is 0.410 e. The molecule has 0 radical (unpaired) electrons. The van der Waals surface area contributed by atoms with Crippen LogP contribution in [-0.2, 0) is 16.1 Å². The molecule has 1 aromatic carbocycles. The highest BCUT2D eigenvalue weighted by atomic mass is 16.6. The van der Waals surface area contributed by atoms with Gasteiger partial charge in [0.1, 0.15) is 12.2 Å². The van der Waals surface area contributed by atoms with E-state index < -0.39 is 17.8 Å². The standard InChI is InChI=1S/C19H28N2O5/c1-19(2,3)26-17(23)20-15-9-10-16(12-22)21(11-15)18(24)25-13-14-7-5-4-6-8-14/h4-8,15-16,22H,9-13H2,1-3H3,(H,20,23)/t15-,16-/m1/s1. The van der Waals surface area contributed by atoms with E-state index in [1.165, 1.54) is 4.90 Å². The van der Waals surface area contributed by atoms with Crippen molar-refractivity contribution < 1.29 is 24.2 Å². The summed E-state index contributed by atoms with van der Waals surface area (Å²) in [5.74, 6) is 0. The number of benzene rings is 1. The molecule has 2 atom stereocenters. The summed E-state index contributed by atoms with van der Waals surface area (Å²) in [5.41, 5.74) is 0.308. The first kappa shape index (κ1) is 20.0. The molecule has 7 heteroatoms. The van der Waals surface area contributed by atoms with Crippen molar-refractivity contribution in [1.29, 1.82) is 0 Å². The van der Waals surface area contributed by atoms with Crippen LogP contribution in [0.25, 0.3) is 0 Å². The molecular weight excluding hydrogens is 336 g/mol. The van der Waals surface area contributed by atoms with Gasteiger partial charge in [-0.15, -0.1) is 0 Å². The number of carbonyl (C=O) groups excluding carboxylic acids is 2. The summed E-state index contributed by atoms with van der Waals surface area (Å²) in [6, 6.07) is 8.85. The second kappa shape index (κ2) is 8.89. The van der Waals surface area contributed by atoms with Crippen LogP contribution in [0.1, 0.15) is 39.2 Å². The van der Waals surface area contributed by atoms with Crippen molar-refractivity contribution in [3.05, 3.63) is 35.9 Å². The fourth-order valence-electron chi connectivity index (χ4n) is 2.83. The zero-order valence-corrected chi connectivity index (χ0v) is 15.6. The lowest BCUT2D eigenvalue weighted by molar-refractivity contribution is 0.0302. The number of rotatable bonds is 4. The Labute approximate surface area is 154 Å². The molecule has 0 unspecified atom stereocenters. The van der Waals surface area contributed by atoms with Gasteiger partial charge in [-0.05, 0) is 39.2 Å². The maximum atomic E-state index is 12.4. The summed E-state index contributed by atoms with van der Waals surface area (Å²) in [4.78, 5) is 25.9. The summed E-state index contributed by atoms with van der Waals surface area (Å²) in [6.45, 7) is 5.68. The Hall–Kier alpha value is -2.28. The van der Waals surface area contributed by atoms with Crippen LogP contribution in [0.5, 0.6) is 0 Å². The van der Waals surface area contributed by atoms with Crippen LogP contribution < -0.4 is 5.32 Å². The van der Waals surface area contributed by atoms with E-state index in [9.17, 15) is 14.7 Å². The van der Waals surface area contributed by atoms with Crippen molar-refractivity contribution in [3.8, 4) is 0 Å². The van der Waals surface area contributed by atoms with E-state index in [1.54, 1.807) is 20.8 Å². The van der Waals surface area contributed by atoms with Gasteiger partial charge >= 0.3 is 12.2 Å². The van der Waals surface area contributed by atoms with Crippen LogP contribution in [0.4, 0.5) is 9.59 Å². The number of hydrogen-bond donors (Lipinski definition) is 2. The number of hydrogen-bond acceptors (Lipinski definition) is 5. The van der Waals surface area contributed by atoms with Gasteiger partial charge in [-0.3, -0.25) is 0 Å². The van der Waals surface area contributed by atoms with Gasteiger partial charge in [-0.1, -0.05) is 30.3 Å². The Morgan fingerprint density at radius 1 is 1.23 bits per heavy atom. The fourth-order valence-corrected chi connectivity index (χ4v) is 2.83. The third-order valence-electron chi connectivity index (χ3n) is 4.08. The zero-order valence-electron chi connectivity index (χ0n) is 15.6. The van der Waals surface area contributed by atoms with Gasteiger partial charge in [-0.2, -0.15) is 0 Å². The number of likely N-dealkylation sites (tertiary alicyclic amines) is 1. The normalized spacial score (nSPS) is 20.4. The third-order valence-corrected chi connectivity index (χ3v) is 4.08. The van der Waals surface area contributed by atoms with Crippen molar-refractivity contribution in [2.24, 2.45) is 0 Å². The van der Waals surface area contributed by atoms with Gasteiger partial charge in [0, 0.05) is 12.6 Å². The molecule has 1 fully saturated rings. The average Bonchev–Trinajstić information content (AvgIpc) is 2.58. The molecule has 0 bridgehead atoms. The predicted molar refractivity (Wildman–Crippen MR) is 96.6 cm³/mol. The first-order chi connectivity index (χ1) is 12.3. The molecular formula is C19H28N2O5. The second-order valence-corrected chi connectivity index (χ2v) is 7.45.